The molecule has 0 bridgehead atoms. The smallest absolute Gasteiger partial charge is 0.343 e. The highest BCUT2D eigenvalue weighted by Crippen LogP contribution is 2.50. The molecule has 1 aliphatic carbocycles. The lowest BCUT2D eigenvalue weighted by Gasteiger charge is -2.40. The lowest BCUT2D eigenvalue weighted by Crippen LogP contribution is -2.37. The third-order valence-electron chi connectivity index (χ3n) is 5.57. The van der Waals surface area contributed by atoms with Gasteiger partial charge in [-0.25, -0.2) is 4.79 Å². The van der Waals surface area contributed by atoms with E-state index in [2.05, 4.69) is 11.7 Å². The monoisotopic (exact) mass is 465 g/mol. The maximum atomic E-state index is 13.4. The number of halogens is 1. The standard InChI is InChI=1S/C27H28ClNO4/c1-5-15-32-29-21(6-2)23-22(30)17-27(3,4)24(19-13-10-14-20(28)16-19)25(23)33-26(31)18-11-8-7-9-12-18/h5,7-14,16,24H,1,6,15,17H2,2-4H3/b29-21-. The van der Waals surface area contributed by atoms with Gasteiger partial charge < -0.3 is 9.57 Å². The Bertz CT molecular complexity index is 1100. The summed E-state index contributed by atoms with van der Waals surface area (Å²) in [5.74, 6) is -0.803. The minimum Gasteiger partial charge on any atom is -0.426 e. The molecule has 6 heteroatoms. The number of nitrogens with zero attached hydrogens (tertiary/aromatic N) is 1. The van der Waals surface area contributed by atoms with Crippen LogP contribution in [0.3, 0.4) is 0 Å². The van der Waals surface area contributed by atoms with Gasteiger partial charge in [-0.15, -0.1) is 0 Å². The Hall–Kier alpha value is -3.18. The zero-order valence-corrected chi connectivity index (χ0v) is 19.9. The Morgan fingerprint density at radius 2 is 1.94 bits per heavy atom. The van der Waals surface area contributed by atoms with Crippen molar-refractivity contribution in [3.8, 4) is 0 Å². The lowest BCUT2D eigenvalue weighted by molar-refractivity contribution is -0.118. The van der Waals surface area contributed by atoms with Crippen molar-refractivity contribution < 1.29 is 19.2 Å². The summed E-state index contributed by atoms with van der Waals surface area (Å²) in [7, 11) is 0. The lowest BCUT2D eigenvalue weighted by atomic mass is 9.65. The van der Waals surface area contributed by atoms with Crippen molar-refractivity contribution >= 4 is 29.1 Å². The van der Waals surface area contributed by atoms with Gasteiger partial charge in [0.2, 0.25) is 0 Å². The molecule has 172 valence electrons. The van der Waals surface area contributed by atoms with Crippen LogP contribution in [0.25, 0.3) is 0 Å². The minimum absolute atomic E-state index is 0.142. The van der Waals surface area contributed by atoms with Gasteiger partial charge in [-0.1, -0.05) is 80.5 Å². The summed E-state index contributed by atoms with van der Waals surface area (Å²) in [6.45, 7) is 9.67. The molecule has 1 unspecified atom stereocenters. The fourth-order valence-corrected chi connectivity index (χ4v) is 4.33. The summed E-state index contributed by atoms with van der Waals surface area (Å²) in [5, 5.41) is 4.74. The number of carbonyl (C=O) groups excluding carboxylic acids is 2. The molecule has 0 heterocycles. The van der Waals surface area contributed by atoms with Crippen molar-refractivity contribution in [2.45, 2.75) is 39.5 Å². The van der Waals surface area contributed by atoms with Gasteiger partial charge >= 0.3 is 5.97 Å². The number of benzene rings is 2. The second-order valence-electron chi connectivity index (χ2n) is 8.55. The Labute approximate surface area is 199 Å². The zero-order chi connectivity index (χ0) is 24.0. The molecule has 1 aliphatic rings. The molecular formula is C27H28ClNO4. The van der Waals surface area contributed by atoms with Gasteiger partial charge in [0.15, 0.2) is 5.78 Å². The van der Waals surface area contributed by atoms with E-state index < -0.39 is 17.3 Å². The first-order valence-corrected chi connectivity index (χ1v) is 11.3. The third-order valence-corrected chi connectivity index (χ3v) is 5.80. The van der Waals surface area contributed by atoms with Gasteiger partial charge in [0.1, 0.15) is 12.4 Å². The second kappa shape index (κ2) is 10.6. The molecule has 5 nitrogen and oxygen atoms in total. The van der Waals surface area contributed by atoms with Crippen molar-refractivity contribution in [1.82, 2.24) is 0 Å². The SMILES string of the molecule is C=CCO/N=C(/CC)C1=C(OC(=O)c2ccccc2)C(c2cccc(Cl)c2)C(C)(C)CC1=O. The summed E-state index contributed by atoms with van der Waals surface area (Å²) in [6, 6.07) is 16.1. The second-order valence-corrected chi connectivity index (χ2v) is 8.98. The number of Topliss-reactive ketones (excluding diaryl/α,β-unsaturated/α-hetero) is 1. The van der Waals surface area contributed by atoms with Crippen molar-refractivity contribution in [3.05, 3.63) is 94.7 Å². The summed E-state index contributed by atoms with van der Waals surface area (Å²) in [5.41, 5.74) is 1.44. The maximum Gasteiger partial charge on any atom is 0.343 e. The largest absolute Gasteiger partial charge is 0.426 e. The van der Waals surface area contributed by atoms with Crippen LogP contribution in [0.2, 0.25) is 5.02 Å². The van der Waals surface area contributed by atoms with E-state index >= 15 is 0 Å². The van der Waals surface area contributed by atoms with Crippen LogP contribution in [-0.2, 0) is 14.4 Å². The number of hydrogen-bond acceptors (Lipinski definition) is 5. The highest BCUT2D eigenvalue weighted by atomic mass is 35.5. The minimum atomic E-state index is -0.539. The molecule has 0 amide bonds. The van der Waals surface area contributed by atoms with Crippen LogP contribution in [0, 0.1) is 5.41 Å². The molecule has 0 aromatic heterocycles. The molecule has 1 atom stereocenters. The van der Waals surface area contributed by atoms with E-state index in [-0.39, 0.29) is 30.1 Å². The van der Waals surface area contributed by atoms with Gasteiger partial charge in [0.25, 0.3) is 0 Å². The van der Waals surface area contributed by atoms with E-state index in [0.29, 0.717) is 22.7 Å². The van der Waals surface area contributed by atoms with Crippen molar-refractivity contribution in [3.63, 3.8) is 0 Å². The third kappa shape index (κ3) is 5.60. The van der Waals surface area contributed by atoms with E-state index in [0.717, 1.165) is 5.56 Å². The van der Waals surface area contributed by atoms with Crippen LogP contribution >= 0.6 is 11.6 Å². The van der Waals surface area contributed by atoms with Crippen molar-refractivity contribution in [1.29, 1.82) is 0 Å². The normalized spacial score (nSPS) is 18.1. The van der Waals surface area contributed by atoms with E-state index in [1.807, 2.05) is 45.0 Å². The van der Waals surface area contributed by atoms with E-state index in [4.69, 9.17) is 21.2 Å². The molecular weight excluding hydrogens is 438 g/mol. The molecule has 0 saturated heterocycles. The zero-order valence-electron chi connectivity index (χ0n) is 19.1. The molecule has 3 rings (SSSR count). The molecule has 0 saturated carbocycles. The van der Waals surface area contributed by atoms with Gasteiger partial charge in [-0.2, -0.15) is 0 Å². The number of allylic oxidation sites excluding steroid dienone is 2. The van der Waals surface area contributed by atoms with Gasteiger partial charge in [-0.05, 0) is 41.7 Å². The van der Waals surface area contributed by atoms with Crippen LogP contribution in [0.4, 0.5) is 0 Å². The molecule has 0 aliphatic heterocycles. The predicted molar refractivity (Wildman–Crippen MR) is 130 cm³/mol. The van der Waals surface area contributed by atoms with Crippen LogP contribution < -0.4 is 0 Å². The number of ketones is 1. The molecule has 0 fully saturated rings. The predicted octanol–water partition coefficient (Wildman–Crippen LogP) is 6.50. The van der Waals surface area contributed by atoms with Crippen LogP contribution in [0.1, 0.15) is 55.5 Å². The summed E-state index contributed by atoms with van der Waals surface area (Å²) in [4.78, 5) is 31.8. The Kier molecular flexibility index (Phi) is 7.88. The molecule has 2 aromatic rings. The fraction of sp³-hybridized carbons (Fsp3) is 0.296. The highest BCUT2D eigenvalue weighted by Gasteiger charge is 2.46. The number of ether oxygens (including phenoxy) is 1. The Morgan fingerprint density at radius 1 is 1.21 bits per heavy atom. The average molecular weight is 466 g/mol. The van der Waals surface area contributed by atoms with E-state index in [1.54, 1.807) is 36.4 Å². The van der Waals surface area contributed by atoms with Gasteiger partial charge in [0.05, 0.1) is 16.8 Å². The number of oxime groups is 1. The number of carbonyl (C=O) groups is 2. The average Bonchev–Trinajstić information content (AvgIpc) is 2.77. The topological polar surface area (TPSA) is 65.0 Å². The van der Waals surface area contributed by atoms with Crippen molar-refractivity contribution in [2.24, 2.45) is 10.6 Å². The van der Waals surface area contributed by atoms with Crippen LogP contribution in [0.15, 0.2) is 83.7 Å². The number of hydrogen-bond donors (Lipinski definition) is 0. The first kappa shape index (κ1) is 24.5. The summed E-state index contributed by atoms with van der Waals surface area (Å²) < 4.78 is 6.01. The first-order chi connectivity index (χ1) is 15.8. The van der Waals surface area contributed by atoms with E-state index in [9.17, 15) is 9.59 Å². The Morgan fingerprint density at radius 3 is 2.58 bits per heavy atom. The van der Waals surface area contributed by atoms with Gasteiger partial charge in [0, 0.05) is 17.4 Å². The molecule has 0 radical (unpaired) electrons. The summed E-state index contributed by atoms with van der Waals surface area (Å²) >= 11 is 6.30. The molecule has 0 spiro atoms. The quantitative estimate of drug-likeness (QED) is 0.147. The van der Waals surface area contributed by atoms with Crippen LogP contribution in [-0.4, -0.2) is 24.1 Å². The van der Waals surface area contributed by atoms with Gasteiger partial charge in [-0.3, -0.25) is 4.79 Å². The number of esters is 1. The maximum absolute atomic E-state index is 13.4. The molecule has 33 heavy (non-hydrogen) atoms. The van der Waals surface area contributed by atoms with Crippen LogP contribution in [0.5, 0.6) is 0 Å². The Balaban J connectivity index is 2.22. The molecule has 0 N–H and O–H groups in total. The van der Waals surface area contributed by atoms with E-state index in [1.165, 1.54) is 0 Å². The molecule has 2 aromatic carbocycles. The summed E-state index contributed by atoms with van der Waals surface area (Å²) in [6.07, 6.45) is 2.25. The first-order valence-electron chi connectivity index (χ1n) is 10.9. The highest BCUT2D eigenvalue weighted by molar-refractivity contribution is 6.30. The fourth-order valence-electron chi connectivity index (χ4n) is 4.13. The number of rotatable bonds is 8. The van der Waals surface area contributed by atoms with Crippen molar-refractivity contribution in [2.75, 3.05) is 6.61 Å².